The third-order valence-corrected chi connectivity index (χ3v) is 6.26. The van der Waals surface area contributed by atoms with Crippen molar-refractivity contribution in [2.45, 2.75) is 30.7 Å². The topological polar surface area (TPSA) is 130 Å². The zero-order valence-electron chi connectivity index (χ0n) is 16.6. The van der Waals surface area contributed by atoms with E-state index < -0.39 is 22.0 Å². The minimum absolute atomic E-state index is 0.0223. The molecule has 160 valence electrons. The van der Waals surface area contributed by atoms with Crippen LogP contribution in [0.4, 0.5) is 11.5 Å². The smallest absolute Gasteiger partial charge is 0.244 e. The van der Waals surface area contributed by atoms with Crippen molar-refractivity contribution < 1.29 is 22.5 Å². The van der Waals surface area contributed by atoms with Gasteiger partial charge in [0.25, 0.3) is 0 Å². The Morgan fingerprint density at radius 3 is 2.68 bits per heavy atom. The number of amides is 2. The minimum atomic E-state index is -4.04. The lowest BCUT2D eigenvalue weighted by atomic mass is 10.1. The highest BCUT2D eigenvalue weighted by Gasteiger charge is 2.28. The largest absolute Gasteiger partial charge is 0.360 e. The van der Waals surface area contributed by atoms with Gasteiger partial charge in [-0.2, -0.15) is 4.72 Å². The van der Waals surface area contributed by atoms with Crippen molar-refractivity contribution in [1.82, 2.24) is 9.88 Å². The average molecular weight is 440 g/mol. The maximum absolute atomic E-state index is 13.0. The molecule has 0 spiro atoms. The van der Waals surface area contributed by atoms with Gasteiger partial charge in [-0.1, -0.05) is 35.5 Å². The lowest BCUT2D eigenvalue weighted by Gasteiger charge is -2.18. The molecule has 3 N–H and O–H groups in total. The molecule has 0 aliphatic carbocycles. The van der Waals surface area contributed by atoms with E-state index in [1.54, 1.807) is 13.0 Å². The van der Waals surface area contributed by atoms with Crippen LogP contribution in [0.15, 0.2) is 64.0 Å². The van der Waals surface area contributed by atoms with E-state index >= 15 is 0 Å². The molecule has 2 heterocycles. The van der Waals surface area contributed by atoms with Crippen LogP contribution in [-0.2, 0) is 32.5 Å². The molecule has 1 atom stereocenters. The summed E-state index contributed by atoms with van der Waals surface area (Å²) in [5, 5.41) is 8.97. The number of hydrogen-bond acceptors (Lipinski definition) is 6. The monoisotopic (exact) mass is 440 g/mol. The first-order valence-corrected chi connectivity index (χ1v) is 11.0. The normalized spacial score (nSPS) is 14.0. The molecule has 1 aliphatic rings. The lowest BCUT2D eigenvalue weighted by Crippen LogP contribution is -2.45. The number of rotatable bonds is 7. The van der Waals surface area contributed by atoms with Crippen molar-refractivity contribution in [3.8, 4) is 0 Å². The van der Waals surface area contributed by atoms with Crippen molar-refractivity contribution >= 4 is 33.3 Å². The van der Waals surface area contributed by atoms with E-state index in [4.69, 9.17) is 4.52 Å². The van der Waals surface area contributed by atoms with Crippen LogP contribution in [0.2, 0.25) is 0 Å². The molecule has 0 radical (unpaired) electrons. The van der Waals surface area contributed by atoms with Gasteiger partial charge in [0, 0.05) is 11.8 Å². The first kappa shape index (κ1) is 20.8. The van der Waals surface area contributed by atoms with Gasteiger partial charge in [0.1, 0.15) is 11.8 Å². The number of carbonyl (C=O) groups excluding carboxylic acids is 2. The molecule has 2 aromatic carbocycles. The van der Waals surface area contributed by atoms with Gasteiger partial charge < -0.3 is 15.2 Å². The van der Waals surface area contributed by atoms with Gasteiger partial charge in [-0.15, -0.1) is 0 Å². The third-order valence-electron chi connectivity index (χ3n) is 4.79. The van der Waals surface area contributed by atoms with Gasteiger partial charge in [-0.05, 0) is 42.7 Å². The van der Waals surface area contributed by atoms with Crippen LogP contribution in [-0.4, -0.2) is 31.4 Å². The fourth-order valence-electron chi connectivity index (χ4n) is 3.30. The Balaban J connectivity index is 1.59. The summed E-state index contributed by atoms with van der Waals surface area (Å²) in [4.78, 5) is 24.4. The van der Waals surface area contributed by atoms with Crippen LogP contribution in [0.3, 0.4) is 0 Å². The summed E-state index contributed by atoms with van der Waals surface area (Å²) in [6.07, 6.45) is 0.242. The molecule has 1 aromatic heterocycles. The number of anilines is 2. The van der Waals surface area contributed by atoms with E-state index in [-0.39, 0.29) is 29.5 Å². The summed E-state index contributed by atoms with van der Waals surface area (Å²) in [5.41, 5.74) is 1.96. The van der Waals surface area contributed by atoms with Gasteiger partial charge in [-0.3, -0.25) is 9.59 Å². The molecule has 31 heavy (non-hydrogen) atoms. The average Bonchev–Trinajstić information content (AvgIpc) is 3.31. The second kappa shape index (κ2) is 8.32. The van der Waals surface area contributed by atoms with Crippen molar-refractivity contribution in [2.24, 2.45) is 0 Å². The van der Waals surface area contributed by atoms with E-state index in [1.807, 2.05) is 30.3 Å². The summed E-state index contributed by atoms with van der Waals surface area (Å²) in [5.74, 6) is -0.0564. The summed E-state index contributed by atoms with van der Waals surface area (Å²) < 4.78 is 33.5. The Kier molecular flexibility index (Phi) is 5.57. The number of hydrogen-bond donors (Lipinski definition) is 3. The highest BCUT2D eigenvalue weighted by Crippen LogP contribution is 2.26. The molecule has 0 fully saturated rings. The van der Waals surface area contributed by atoms with Crippen LogP contribution < -0.4 is 15.4 Å². The predicted molar refractivity (Wildman–Crippen MR) is 113 cm³/mol. The van der Waals surface area contributed by atoms with Gasteiger partial charge in [0.2, 0.25) is 21.8 Å². The van der Waals surface area contributed by atoms with Crippen LogP contribution >= 0.6 is 0 Å². The van der Waals surface area contributed by atoms with Crippen molar-refractivity contribution in [3.63, 3.8) is 0 Å². The number of sulfonamides is 1. The Bertz CT molecular complexity index is 1240. The number of aromatic nitrogens is 1. The first-order chi connectivity index (χ1) is 14.8. The Labute approximate surface area is 178 Å². The van der Waals surface area contributed by atoms with Gasteiger partial charge in [0.15, 0.2) is 5.82 Å². The SMILES string of the molecule is Cc1cc(NC(=O)C(Cc2ccccc2)NS(=O)(=O)c2ccc3c(c2)CC(=O)N3)no1. The van der Waals surface area contributed by atoms with Crippen molar-refractivity contribution in [3.05, 3.63) is 71.5 Å². The number of carbonyl (C=O) groups is 2. The third kappa shape index (κ3) is 4.81. The predicted octanol–water partition coefficient (Wildman–Crippen LogP) is 2.01. The van der Waals surface area contributed by atoms with Crippen LogP contribution in [0, 0.1) is 6.92 Å². The minimum Gasteiger partial charge on any atom is -0.360 e. The van der Waals surface area contributed by atoms with Gasteiger partial charge >= 0.3 is 0 Å². The molecule has 0 saturated heterocycles. The number of benzene rings is 2. The van der Waals surface area contributed by atoms with E-state index in [0.717, 1.165) is 5.56 Å². The van der Waals surface area contributed by atoms with Crippen molar-refractivity contribution in [2.75, 3.05) is 10.6 Å². The molecule has 1 unspecified atom stereocenters. The number of nitrogens with one attached hydrogen (secondary N) is 3. The Morgan fingerprint density at radius 2 is 1.97 bits per heavy atom. The number of fused-ring (bicyclic) bond motifs is 1. The maximum atomic E-state index is 13.0. The number of aryl methyl sites for hydroxylation is 1. The molecule has 1 aliphatic heterocycles. The molecule has 3 aromatic rings. The fourth-order valence-corrected chi connectivity index (χ4v) is 4.55. The van der Waals surface area contributed by atoms with E-state index in [2.05, 4.69) is 20.5 Å². The van der Waals surface area contributed by atoms with Crippen LogP contribution in [0.25, 0.3) is 0 Å². The van der Waals surface area contributed by atoms with Crippen LogP contribution in [0.1, 0.15) is 16.9 Å². The van der Waals surface area contributed by atoms with E-state index in [9.17, 15) is 18.0 Å². The standard InChI is InChI=1S/C21H20N4O5S/c1-13-9-19(24-30-13)23-21(27)18(10-14-5-3-2-4-6-14)25-31(28,29)16-7-8-17-15(11-16)12-20(26)22-17/h2-9,11,18,25H,10,12H2,1H3,(H,22,26)(H,23,24,27). The fraction of sp³-hybridized carbons (Fsp3) is 0.190. The molecule has 2 amide bonds. The highest BCUT2D eigenvalue weighted by molar-refractivity contribution is 7.89. The lowest BCUT2D eigenvalue weighted by molar-refractivity contribution is -0.118. The maximum Gasteiger partial charge on any atom is 0.244 e. The molecular weight excluding hydrogens is 420 g/mol. The quantitative estimate of drug-likeness (QED) is 0.515. The summed E-state index contributed by atoms with van der Waals surface area (Å²) in [6.45, 7) is 1.68. The molecule has 4 rings (SSSR count). The zero-order chi connectivity index (χ0) is 22.0. The molecule has 9 nitrogen and oxygen atoms in total. The second-order valence-electron chi connectivity index (χ2n) is 7.22. The van der Waals surface area contributed by atoms with Gasteiger partial charge in [-0.25, -0.2) is 8.42 Å². The summed E-state index contributed by atoms with van der Waals surface area (Å²) in [6, 6.07) is 13.9. The van der Waals surface area contributed by atoms with E-state index in [1.165, 1.54) is 18.2 Å². The molecule has 10 heteroatoms. The summed E-state index contributed by atoms with van der Waals surface area (Å²) >= 11 is 0. The molecule has 0 bridgehead atoms. The molecular formula is C21H20N4O5S. The number of nitrogens with zero attached hydrogens (tertiary/aromatic N) is 1. The Hall–Kier alpha value is -3.50. The van der Waals surface area contributed by atoms with Crippen LogP contribution in [0.5, 0.6) is 0 Å². The Morgan fingerprint density at radius 1 is 1.19 bits per heavy atom. The first-order valence-electron chi connectivity index (χ1n) is 9.53. The van der Waals surface area contributed by atoms with E-state index in [0.29, 0.717) is 17.0 Å². The van der Waals surface area contributed by atoms with Crippen molar-refractivity contribution in [1.29, 1.82) is 0 Å². The molecule has 0 saturated carbocycles. The zero-order valence-corrected chi connectivity index (χ0v) is 17.4. The second-order valence-corrected chi connectivity index (χ2v) is 8.93. The summed E-state index contributed by atoms with van der Waals surface area (Å²) in [7, 11) is -4.04. The highest BCUT2D eigenvalue weighted by atomic mass is 32.2. The van der Waals surface area contributed by atoms with Gasteiger partial charge in [0.05, 0.1) is 11.3 Å².